The highest BCUT2D eigenvalue weighted by atomic mass is 19.4. The van der Waals surface area contributed by atoms with E-state index in [2.05, 4.69) is 15.2 Å². The van der Waals surface area contributed by atoms with Crippen molar-refractivity contribution in [3.63, 3.8) is 0 Å². The van der Waals surface area contributed by atoms with Gasteiger partial charge < -0.3 is 15.2 Å². The van der Waals surface area contributed by atoms with Crippen LogP contribution in [-0.4, -0.2) is 65.9 Å². The molecule has 0 amide bonds. The monoisotopic (exact) mass is 538 g/mol. The van der Waals surface area contributed by atoms with Crippen LogP contribution in [0, 0.1) is 17.6 Å². The van der Waals surface area contributed by atoms with E-state index in [9.17, 15) is 17.6 Å². The summed E-state index contributed by atoms with van der Waals surface area (Å²) in [4.78, 5) is 6.41. The van der Waals surface area contributed by atoms with Gasteiger partial charge in [-0.2, -0.15) is 13.2 Å². The Bertz CT molecular complexity index is 1270. The van der Waals surface area contributed by atoms with Crippen molar-refractivity contribution in [3.05, 3.63) is 64.9 Å². The lowest BCUT2D eigenvalue weighted by Gasteiger charge is -2.41. The summed E-state index contributed by atoms with van der Waals surface area (Å²) in [6.45, 7) is 3.96. The molecule has 0 saturated carbocycles. The Labute approximate surface area is 218 Å². The van der Waals surface area contributed by atoms with Gasteiger partial charge >= 0.3 is 6.18 Å². The zero-order valence-electron chi connectivity index (χ0n) is 21.4. The molecular formula is C28H32F6N4. The Morgan fingerprint density at radius 2 is 1.76 bits per heavy atom. The molecule has 1 saturated heterocycles. The van der Waals surface area contributed by atoms with Crippen molar-refractivity contribution in [1.29, 1.82) is 0 Å². The lowest BCUT2D eigenvalue weighted by Crippen LogP contribution is -2.47. The maximum Gasteiger partial charge on any atom is 0.401 e. The van der Waals surface area contributed by atoms with Gasteiger partial charge in [0.2, 0.25) is 0 Å². The Morgan fingerprint density at radius 1 is 1.05 bits per heavy atom. The van der Waals surface area contributed by atoms with Gasteiger partial charge in [0.15, 0.2) is 0 Å². The van der Waals surface area contributed by atoms with Crippen LogP contribution < -0.4 is 5.32 Å². The molecule has 206 valence electrons. The van der Waals surface area contributed by atoms with Crippen molar-refractivity contribution in [3.8, 4) is 0 Å². The summed E-state index contributed by atoms with van der Waals surface area (Å²) in [7, 11) is 0. The summed E-state index contributed by atoms with van der Waals surface area (Å²) in [5.74, 6) is -1.62. The van der Waals surface area contributed by atoms with Gasteiger partial charge in [-0.3, -0.25) is 9.29 Å². The van der Waals surface area contributed by atoms with Crippen molar-refractivity contribution in [1.82, 2.24) is 14.8 Å². The number of aromatic nitrogens is 1. The van der Waals surface area contributed by atoms with E-state index in [-0.39, 0.29) is 17.6 Å². The normalized spacial score (nSPS) is 24.7. The number of aromatic amines is 1. The van der Waals surface area contributed by atoms with Crippen LogP contribution in [0.25, 0.3) is 10.9 Å². The SMILES string of the molecule is C[C@@H]1CN(CCCF)C[C@H]1Nc1cc(F)c([C@@H]2c3[nH]c4ccccc4c3C[C@@H](C)N2CC(F)(F)F)c(F)c1. The number of rotatable bonds is 7. The van der Waals surface area contributed by atoms with Gasteiger partial charge in [-0.25, -0.2) is 8.78 Å². The number of fused-ring (bicyclic) bond motifs is 3. The molecule has 4 nitrogen and oxygen atoms in total. The fourth-order valence-corrected chi connectivity index (χ4v) is 6.14. The Hall–Kier alpha value is -2.72. The Morgan fingerprint density at radius 3 is 2.45 bits per heavy atom. The molecule has 5 rings (SSSR count). The summed E-state index contributed by atoms with van der Waals surface area (Å²) in [6.07, 6.45) is -3.79. The number of halogens is 6. The highest BCUT2D eigenvalue weighted by molar-refractivity contribution is 5.85. The van der Waals surface area contributed by atoms with Gasteiger partial charge in [0.05, 0.1) is 19.3 Å². The van der Waals surface area contributed by atoms with Gasteiger partial charge in [0.25, 0.3) is 0 Å². The summed E-state index contributed by atoms with van der Waals surface area (Å²) < 4.78 is 85.0. The topological polar surface area (TPSA) is 34.3 Å². The first kappa shape index (κ1) is 26.9. The van der Waals surface area contributed by atoms with E-state index >= 15 is 8.78 Å². The first-order chi connectivity index (χ1) is 18.1. The van der Waals surface area contributed by atoms with Crippen LogP contribution in [0.15, 0.2) is 36.4 Å². The van der Waals surface area contributed by atoms with Crippen LogP contribution >= 0.6 is 0 Å². The first-order valence-corrected chi connectivity index (χ1v) is 13.0. The fourth-order valence-electron chi connectivity index (χ4n) is 6.14. The third-order valence-corrected chi connectivity index (χ3v) is 7.88. The zero-order valence-corrected chi connectivity index (χ0v) is 21.4. The van der Waals surface area contributed by atoms with Gasteiger partial charge in [0, 0.05) is 59.6 Å². The van der Waals surface area contributed by atoms with Gasteiger partial charge in [0.1, 0.15) is 11.6 Å². The minimum atomic E-state index is -4.54. The first-order valence-electron chi connectivity index (χ1n) is 13.0. The minimum absolute atomic E-state index is 0.0870. The average Bonchev–Trinajstić information content (AvgIpc) is 3.38. The predicted octanol–water partition coefficient (Wildman–Crippen LogP) is 6.44. The number of nitrogens with zero attached hydrogens (tertiary/aromatic N) is 2. The molecule has 3 heterocycles. The molecule has 0 unspecified atom stereocenters. The van der Waals surface area contributed by atoms with E-state index in [0.29, 0.717) is 31.6 Å². The van der Waals surface area contributed by atoms with E-state index in [1.807, 2.05) is 25.1 Å². The number of anilines is 1. The molecule has 1 fully saturated rings. The largest absolute Gasteiger partial charge is 0.401 e. The highest BCUT2D eigenvalue weighted by Gasteiger charge is 2.44. The van der Waals surface area contributed by atoms with Crippen LogP contribution in [0.3, 0.4) is 0 Å². The number of benzene rings is 2. The number of likely N-dealkylation sites (tertiary alicyclic amines) is 1. The van der Waals surface area contributed by atoms with Crippen LogP contribution in [0.1, 0.15) is 43.1 Å². The number of H-pyrrole nitrogens is 1. The summed E-state index contributed by atoms with van der Waals surface area (Å²) in [5, 5.41) is 4.04. The zero-order chi connectivity index (χ0) is 27.2. The molecule has 1 aromatic heterocycles. The second kappa shape index (κ2) is 10.4. The van der Waals surface area contributed by atoms with Crippen molar-refractivity contribution in [2.75, 3.05) is 38.2 Å². The quantitative estimate of drug-likeness (QED) is 0.340. The number of hydrogen-bond donors (Lipinski definition) is 2. The fraction of sp³-hybridized carbons (Fsp3) is 0.500. The molecule has 3 aromatic rings. The van der Waals surface area contributed by atoms with Crippen molar-refractivity contribution in [2.24, 2.45) is 5.92 Å². The van der Waals surface area contributed by atoms with Crippen molar-refractivity contribution < 1.29 is 26.3 Å². The van der Waals surface area contributed by atoms with Crippen LogP contribution in [0.5, 0.6) is 0 Å². The lowest BCUT2D eigenvalue weighted by molar-refractivity contribution is -0.155. The van der Waals surface area contributed by atoms with Crippen LogP contribution in [0.2, 0.25) is 0 Å². The maximum absolute atomic E-state index is 15.7. The van der Waals surface area contributed by atoms with E-state index < -0.39 is 48.7 Å². The van der Waals surface area contributed by atoms with Crippen molar-refractivity contribution >= 4 is 16.6 Å². The Balaban J connectivity index is 1.51. The maximum atomic E-state index is 15.7. The molecule has 2 aliphatic heterocycles. The van der Waals surface area contributed by atoms with Gasteiger partial charge in [-0.15, -0.1) is 0 Å². The molecular weight excluding hydrogens is 506 g/mol. The minimum Gasteiger partial charge on any atom is -0.381 e. The second-order valence-corrected chi connectivity index (χ2v) is 10.7. The lowest BCUT2D eigenvalue weighted by atomic mass is 9.88. The third-order valence-electron chi connectivity index (χ3n) is 7.88. The van der Waals surface area contributed by atoms with Crippen LogP contribution in [-0.2, 0) is 6.42 Å². The molecule has 38 heavy (non-hydrogen) atoms. The molecule has 0 bridgehead atoms. The molecule has 0 aliphatic carbocycles. The molecule has 4 atom stereocenters. The number of alkyl halides is 4. The number of para-hydroxylation sites is 1. The number of hydrogen-bond acceptors (Lipinski definition) is 3. The van der Waals surface area contributed by atoms with E-state index in [0.717, 1.165) is 27.9 Å². The number of nitrogens with one attached hydrogen (secondary N) is 2. The van der Waals surface area contributed by atoms with E-state index in [1.165, 1.54) is 12.1 Å². The van der Waals surface area contributed by atoms with E-state index in [1.54, 1.807) is 13.0 Å². The second-order valence-electron chi connectivity index (χ2n) is 10.7. The van der Waals surface area contributed by atoms with Crippen LogP contribution in [0.4, 0.5) is 32.0 Å². The molecule has 2 aromatic carbocycles. The highest BCUT2D eigenvalue weighted by Crippen LogP contribution is 2.44. The molecule has 2 aliphatic rings. The average molecular weight is 539 g/mol. The summed E-state index contributed by atoms with van der Waals surface area (Å²) in [6, 6.07) is 7.71. The standard InChI is InChI=1S/C28H32F6N4/c1-16-13-37(9-5-8-29)14-24(16)35-18-11-21(30)25(22(31)12-18)27-26-20(19-6-3-4-7-23(19)36-26)10-17(2)38(27)15-28(32,33)34/h3-4,6-7,11-12,16-17,24,27,35-36H,5,8-10,13-15H2,1-2H3/t16-,17-,24-,27-/m1/s1. The molecule has 2 N–H and O–H groups in total. The molecule has 0 radical (unpaired) electrons. The third kappa shape index (κ3) is 5.25. The smallest absolute Gasteiger partial charge is 0.381 e. The summed E-state index contributed by atoms with van der Waals surface area (Å²) in [5.41, 5.74) is 1.72. The van der Waals surface area contributed by atoms with Crippen molar-refractivity contribution in [2.45, 2.75) is 51.0 Å². The molecule has 10 heteroatoms. The summed E-state index contributed by atoms with van der Waals surface area (Å²) >= 11 is 0. The molecule has 0 spiro atoms. The van der Waals surface area contributed by atoms with E-state index in [4.69, 9.17) is 0 Å². The van der Waals surface area contributed by atoms with Gasteiger partial charge in [-0.1, -0.05) is 25.1 Å². The Kier molecular flexibility index (Phi) is 7.39. The predicted molar refractivity (Wildman–Crippen MR) is 136 cm³/mol. The van der Waals surface area contributed by atoms with Gasteiger partial charge in [-0.05, 0) is 49.4 Å².